The van der Waals surface area contributed by atoms with Crippen LogP contribution in [0.25, 0.3) is 10.9 Å². The van der Waals surface area contributed by atoms with Crippen molar-refractivity contribution in [2.45, 2.75) is 0 Å². The maximum atomic E-state index is 13.1. The molecule has 0 amide bonds. The van der Waals surface area contributed by atoms with Crippen LogP contribution in [0.4, 0.5) is 0 Å². The monoisotopic (exact) mass is 359 g/mol. The van der Waals surface area contributed by atoms with Crippen LogP contribution in [0, 0.1) is 0 Å². The Morgan fingerprint density at radius 3 is 2.38 bits per heavy atom. The zero-order valence-electron chi connectivity index (χ0n) is 13.7. The molecule has 4 heteroatoms. The maximum absolute atomic E-state index is 13.1. The summed E-state index contributed by atoms with van der Waals surface area (Å²) in [4.78, 5) is 17.4. The molecular formula is C22H14ClNO2. The standard InChI is InChI=1S/C22H14ClNO2/c23-16-10-8-15(9-11-16)21(25)19-12-13-20-18(7-4-14-24-20)22(19)26-17-5-2-1-3-6-17/h1-14H. The fourth-order valence-electron chi connectivity index (χ4n) is 2.78. The summed E-state index contributed by atoms with van der Waals surface area (Å²) in [6.07, 6.45) is 1.72. The molecule has 3 nitrogen and oxygen atoms in total. The highest BCUT2D eigenvalue weighted by molar-refractivity contribution is 6.30. The average molecular weight is 360 g/mol. The van der Waals surface area contributed by atoms with Gasteiger partial charge >= 0.3 is 0 Å². The van der Waals surface area contributed by atoms with Crippen molar-refractivity contribution in [1.29, 1.82) is 0 Å². The minimum Gasteiger partial charge on any atom is -0.456 e. The molecule has 0 unspecified atom stereocenters. The second-order valence-corrected chi connectivity index (χ2v) is 6.20. The van der Waals surface area contributed by atoms with Gasteiger partial charge in [-0.25, -0.2) is 0 Å². The predicted molar refractivity (Wildman–Crippen MR) is 103 cm³/mol. The molecule has 0 spiro atoms. The van der Waals surface area contributed by atoms with E-state index in [0.717, 1.165) is 10.9 Å². The van der Waals surface area contributed by atoms with E-state index in [1.165, 1.54) is 0 Å². The molecule has 3 aromatic carbocycles. The molecule has 0 bridgehead atoms. The van der Waals surface area contributed by atoms with Crippen LogP contribution in [0.1, 0.15) is 15.9 Å². The summed E-state index contributed by atoms with van der Waals surface area (Å²) in [6, 6.07) is 23.5. The number of aromatic nitrogens is 1. The molecular weight excluding hydrogens is 346 g/mol. The van der Waals surface area contributed by atoms with Gasteiger partial charge in [0.25, 0.3) is 0 Å². The van der Waals surface area contributed by atoms with Gasteiger partial charge in [-0.15, -0.1) is 0 Å². The van der Waals surface area contributed by atoms with E-state index in [-0.39, 0.29) is 5.78 Å². The first kappa shape index (κ1) is 16.3. The minimum absolute atomic E-state index is 0.127. The molecule has 4 aromatic rings. The van der Waals surface area contributed by atoms with E-state index in [9.17, 15) is 4.79 Å². The normalized spacial score (nSPS) is 10.7. The maximum Gasteiger partial charge on any atom is 0.196 e. The van der Waals surface area contributed by atoms with Gasteiger partial charge in [-0.2, -0.15) is 0 Å². The summed E-state index contributed by atoms with van der Waals surface area (Å²) < 4.78 is 6.10. The van der Waals surface area contributed by atoms with Crippen molar-refractivity contribution in [2.24, 2.45) is 0 Å². The van der Waals surface area contributed by atoms with Crippen LogP contribution in [0.15, 0.2) is 85.1 Å². The molecule has 26 heavy (non-hydrogen) atoms. The average Bonchev–Trinajstić information content (AvgIpc) is 2.69. The van der Waals surface area contributed by atoms with E-state index in [1.807, 2.05) is 48.5 Å². The third-order valence-corrected chi connectivity index (χ3v) is 4.30. The van der Waals surface area contributed by atoms with Gasteiger partial charge in [0, 0.05) is 22.2 Å². The van der Waals surface area contributed by atoms with Crippen LogP contribution in [0.3, 0.4) is 0 Å². The SMILES string of the molecule is O=C(c1ccc(Cl)cc1)c1ccc2ncccc2c1Oc1ccccc1. The van der Waals surface area contributed by atoms with Gasteiger partial charge in [0.2, 0.25) is 0 Å². The van der Waals surface area contributed by atoms with Crippen molar-refractivity contribution >= 4 is 28.3 Å². The summed E-state index contributed by atoms with van der Waals surface area (Å²) in [5, 5.41) is 1.38. The highest BCUT2D eigenvalue weighted by atomic mass is 35.5. The molecule has 0 N–H and O–H groups in total. The molecule has 1 heterocycles. The fourth-order valence-corrected chi connectivity index (χ4v) is 2.90. The van der Waals surface area contributed by atoms with E-state index in [2.05, 4.69) is 4.98 Å². The van der Waals surface area contributed by atoms with Crippen molar-refractivity contribution in [3.8, 4) is 11.5 Å². The molecule has 0 saturated heterocycles. The number of fused-ring (bicyclic) bond motifs is 1. The lowest BCUT2D eigenvalue weighted by molar-refractivity contribution is 0.103. The van der Waals surface area contributed by atoms with Crippen molar-refractivity contribution in [1.82, 2.24) is 4.98 Å². The summed E-state index contributed by atoms with van der Waals surface area (Å²) in [5.41, 5.74) is 1.80. The van der Waals surface area contributed by atoms with E-state index < -0.39 is 0 Å². The minimum atomic E-state index is -0.127. The van der Waals surface area contributed by atoms with E-state index in [0.29, 0.717) is 27.6 Å². The molecule has 0 atom stereocenters. The third-order valence-electron chi connectivity index (χ3n) is 4.05. The Bertz CT molecular complexity index is 1080. The van der Waals surface area contributed by atoms with Crippen molar-refractivity contribution < 1.29 is 9.53 Å². The number of benzene rings is 3. The number of rotatable bonds is 4. The van der Waals surface area contributed by atoms with Crippen LogP contribution in [-0.4, -0.2) is 10.8 Å². The second kappa shape index (κ2) is 6.98. The Morgan fingerprint density at radius 1 is 0.846 bits per heavy atom. The zero-order valence-corrected chi connectivity index (χ0v) is 14.5. The lowest BCUT2D eigenvalue weighted by atomic mass is 10.00. The lowest BCUT2D eigenvalue weighted by Gasteiger charge is -2.13. The molecule has 0 fully saturated rings. The summed E-state index contributed by atoms with van der Waals surface area (Å²) >= 11 is 5.93. The molecule has 0 radical (unpaired) electrons. The van der Waals surface area contributed by atoms with Gasteiger partial charge in [-0.05, 0) is 60.7 Å². The van der Waals surface area contributed by atoms with Gasteiger partial charge in [0.05, 0.1) is 11.1 Å². The Labute approximate surface area is 155 Å². The van der Waals surface area contributed by atoms with Crippen molar-refractivity contribution in [3.63, 3.8) is 0 Å². The number of ketones is 1. The highest BCUT2D eigenvalue weighted by Crippen LogP contribution is 2.34. The third kappa shape index (κ3) is 3.17. The number of nitrogens with zero attached hydrogens (tertiary/aromatic N) is 1. The smallest absolute Gasteiger partial charge is 0.196 e. The van der Waals surface area contributed by atoms with Crippen molar-refractivity contribution in [2.75, 3.05) is 0 Å². The predicted octanol–water partition coefficient (Wildman–Crippen LogP) is 5.91. The molecule has 126 valence electrons. The number of hydrogen-bond acceptors (Lipinski definition) is 3. The number of halogens is 1. The molecule has 0 saturated carbocycles. The number of carbonyl (C=O) groups is 1. The van der Waals surface area contributed by atoms with Gasteiger partial charge in [-0.3, -0.25) is 9.78 Å². The Balaban J connectivity index is 1.87. The largest absolute Gasteiger partial charge is 0.456 e. The first-order chi connectivity index (χ1) is 12.7. The number of para-hydroxylation sites is 1. The molecule has 1 aromatic heterocycles. The van der Waals surface area contributed by atoms with Gasteiger partial charge < -0.3 is 4.74 Å². The highest BCUT2D eigenvalue weighted by Gasteiger charge is 2.18. The zero-order chi connectivity index (χ0) is 17.9. The first-order valence-corrected chi connectivity index (χ1v) is 8.51. The van der Waals surface area contributed by atoms with Crippen LogP contribution in [0.2, 0.25) is 5.02 Å². The number of carbonyl (C=O) groups excluding carboxylic acids is 1. The van der Waals surface area contributed by atoms with Gasteiger partial charge in [0.1, 0.15) is 11.5 Å². The summed E-state index contributed by atoms with van der Waals surface area (Å²) in [6.45, 7) is 0. The second-order valence-electron chi connectivity index (χ2n) is 5.76. The van der Waals surface area contributed by atoms with Gasteiger partial charge in [-0.1, -0.05) is 29.8 Å². The Hall–Kier alpha value is -3.17. The molecule has 4 rings (SSSR count). The molecule has 0 aliphatic heterocycles. The molecule has 0 aliphatic rings. The topological polar surface area (TPSA) is 39.2 Å². The van der Waals surface area contributed by atoms with E-state index in [4.69, 9.17) is 16.3 Å². The first-order valence-electron chi connectivity index (χ1n) is 8.13. The number of hydrogen-bond donors (Lipinski definition) is 0. The number of ether oxygens (including phenoxy) is 1. The van der Waals surface area contributed by atoms with Gasteiger partial charge in [0.15, 0.2) is 5.78 Å². The van der Waals surface area contributed by atoms with Crippen LogP contribution in [-0.2, 0) is 0 Å². The van der Waals surface area contributed by atoms with E-state index >= 15 is 0 Å². The van der Waals surface area contributed by atoms with Crippen LogP contribution in [0.5, 0.6) is 11.5 Å². The number of pyridine rings is 1. The van der Waals surface area contributed by atoms with E-state index in [1.54, 1.807) is 36.5 Å². The Kier molecular flexibility index (Phi) is 4.38. The molecule has 0 aliphatic carbocycles. The van der Waals surface area contributed by atoms with Crippen LogP contribution < -0.4 is 4.74 Å². The summed E-state index contributed by atoms with van der Waals surface area (Å²) in [5.74, 6) is 1.04. The lowest BCUT2D eigenvalue weighted by Crippen LogP contribution is -2.04. The fraction of sp³-hybridized carbons (Fsp3) is 0. The quantitative estimate of drug-likeness (QED) is 0.425. The summed E-state index contributed by atoms with van der Waals surface area (Å²) in [7, 11) is 0. The van der Waals surface area contributed by atoms with Crippen LogP contribution >= 0.6 is 11.6 Å². The Morgan fingerprint density at radius 2 is 1.62 bits per heavy atom. The van der Waals surface area contributed by atoms with Crippen molar-refractivity contribution in [3.05, 3.63) is 101 Å².